The summed E-state index contributed by atoms with van der Waals surface area (Å²) >= 11 is 6.51. The molecule has 0 bridgehead atoms. The lowest BCUT2D eigenvalue weighted by Crippen LogP contribution is -2.36. The number of halogens is 3. The highest BCUT2D eigenvalue weighted by molar-refractivity contribution is 6.34. The van der Waals surface area contributed by atoms with Gasteiger partial charge >= 0.3 is 0 Å². The molecule has 0 aromatic heterocycles. The van der Waals surface area contributed by atoms with Crippen LogP contribution < -0.4 is 15.2 Å². The zero-order chi connectivity index (χ0) is 23.6. The molecule has 4 rings (SSSR count). The van der Waals surface area contributed by atoms with Gasteiger partial charge in [0.1, 0.15) is 17.2 Å². The van der Waals surface area contributed by atoms with E-state index in [2.05, 4.69) is 18.2 Å². The molecule has 0 fully saturated rings. The maximum Gasteiger partial charge on any atom is 0.173 e. The molecule has 0 saturated carbocycles. The van der Waals surface area contributed by atoms with Crippen LogP contribution in [0.15, 0.2) is 42.0 Å². The molecule has 6 heteroatoms. The Hall–Kier alpha value is -2.37. The van der Waals surface area contributed by atoms with Crippen molar-refractivity contribution in [3.8, 4) is 22.6 Å². The number of fused-ring (bicyclic) bond motifs is 1. The van der Waals surface area contributed by atoms with Crippen LogP contribution in [-0.2, 0) is 6.42 Å². The van der Waals surface area contributed by atoms with Gasteiger partial charge in [0, 0.05) is 29.2 Å². The molecule has 33 heavy (non-hydrogen) atoms. The van der Waals surface area contributed by atoms with Crippen molar-refractivity contribution in [1.29, 1.82) is 0 Å². The number of rotatable bonds is 8. The molecule has 2 aromatic rings. The van der Waals surface area contributed by atoms with E-state index in [9.17, 15) is 0 Å². The average molecular weight is 474 g/mol. The Balaban J connectivity index is 1.87. The number of allylic oxidation sites excluding steroid dienone is 2. The maximum atomic E-state index is 15.6. The number of aryl methyl sites for hydroxylation is 1. The summed E-state index contributed by atoms with van der Waals surface area (Å²) in [6, 6.07) is 4.70. The van der Waals surface area contributed by atoms with Crippen LogP contribution >= 0.6 is 11.6 Å². The van der Waals surface area contributed by atoms with E-state index in [4.69, 9.17) is 26.8 Å². The van der Waals surface area contributed by atoms with Gasteiger partial charge in [-0.1, -0.05) is 35.9 Å². The summed E-state index contributed by atoms with van der Waals surface area (Å²) in [7, 11) is 0. The van der Waals surface area contributed by atoms with E-state index >= 15 is 8.78 Å². The Morgan fingerprint density at radius 2 is 2.00 bits per heavy atom. The lowest BCUT2D eigenvalue weighted by atomic mass is 9.80. The van der Waals surface area contributed by atoms with Gasteiger partial charge in [-0.25, -0.2) is 8.78 Å². The second kappa shape index (κ2) is 9.86. The number of unbranched alkanes of at least 4 members (excludes halogenated alkanes) is 1. The van der Waals surface area contributed by atoms with Gasteiger partial charge in [0.2, 0.25) is 0 Å². The predicted octanol–water partition coefficient (Wildman–Crippen LogP) is 7.07. The van der Waals surface area contributed by atoms with Crippen molar-refractivity contribution in [3.63, 3.8) is 0 Å². The maximum absolute atomic E-state index is 15.6. The summed E-state index contributed by atoms with van der Waals surface area (Å²) in [4.78, 5) is 0. The molecular weight excluding hydrogens is 444 g/mol. The van der Waals surface area contributed by atoms with E-state index in [1.54, 1.807) is 26.0 Å². The van der Waals surface area contributed by atoms with Crippen LogP contribution in [0.3, 0.4) is 0 Å². The Bertz CT molecular complexity index is 1110. The highest BCUT2D eigenvalue weighted by atomic mass is 35.5. The Labute approximate surface area is 199 Å². The fourth-order valence-electron chi connectivity index (χ4n) is 4.88. The van der Waals surface area contributed by atoms with Crippen LogP contribution in [0.5, 0.6) is 11.5 Å². The van der Waals surface area contributed by atoms with Crippen molar-refractivity contribution in [2.45, 2.75) is 58.0 Å². The van der Waals surface area contributed by atoms with E-state index in [0.717, 1.165) is 43.2 Å². The first kappa shape index (κ1) is 23.8. The molecule has 0 saturated heterocycles. The van der Waals surface area contributed by atoms with Crippen molar-refractivity contribution in [2.24, 2.45) is 5.73 Å². The first-order valence-electron chi connectivity index (χ1n) is 11.6. The molecule has 2 N–H and O–H groups in total. The third kappa shape index (κ3) is 4.41. The normalized spacial score (nSPS) is 19.3. The van der Waals surface area contributed by atoms with Crippen LogP contribution in [0.1, 0.15) is 50.2 Å². The average Bonchev–Trinajstić information content (AvgIpc) is 3.18. The fraction of sp³-hybridized carbons (Fsp3) is 0.407. The quantitative estimate of drug-likeness (QED) is 0.417. The molecule has 176 valence electrons. The minimum Gasteiger partial charge on any atom is -0.491 e. The Morgan fingerprint density at radius 3 is 2.70 bits per heavy atom. The number of hydrogen-bond acceptors (Lipinski definition) is 3. The smallest absolute Gasteiger partial charge is 0.173 e. The fourth-order valence-corrected chi connectivity index (χ4v) is 5.14. The number of hydrogen-bond donors (Lipinski definition) is 1. The van der Waals surface area contributed by atoms with Crippen LogP contribution in [0.2, 0.25) is 5.02 Å². The summed E-state index contributed by atoms with van der Waals surface area (Å²) in [5, 5.41) is -0.0982. The monoisotopic (exact) mass is 473 g/mol. The van der Waals surface area contributed by atoms with E-state index in [1.165, 1.54) is 6.07 Å². The second-order valence-corrected chi connectivity index (χ2v) is 9.06. The first-order chi connectivity index (χ1) is 15.9. The zero-order valence-electron chi connectivity index (χ0n) is 19.1. The third-order valence-corrected chi connectivity index (χ3v) is 6.84. The van der Waals surface area contributed by atoms with Crippen molar-refractivity contribution < 1.29 is 18.3 Å². The lowest BCUT2D eigenvalue weighted by Gasteiger charge is -2.31. The van der Waals surface area contributed by atoms with Gasteiger partial charge in [0.25, 0.3) is 0 Å². The highest BCUT2D eigenvalue weighted by Crippen LogP contribution is 2.51. The van der Waals surface area contributed by atoms with Gasteiger partial charge in [-0.3, -0.25) is 0 Å². The van der Waals surface area contributed by atoms with Crippen LogP contribution in [-0.4, -0.2) is 18.8 Å². The first-order valence-corrected chi connectivity index (χ1v) is 12.0. The summed E-state index contributed by atoms with van der Waals surface area (Å²) in [6.07, 6.45) is 11.3. The van der Waals surface area contributed by atoms with Gasteiger partial charge in [-0.05, 0) is 69.7 Å². The molecule has 0 spiro atoms. The van der Waals surface area contributed by atoms with E-state index < -0.39 is 17.2 Å². The Kier molecular flexibility index (Phi) is 7.10. The minimum absolute atomic E-state index is 0.0982. The van der Waals surface area contributed by atoms with E-state index in [0.29, 0.717) is 36.4 Å². The molecule has 1 unspecified atom stereocenters. The number of nitrogens with two attached hydrogens (primary N) is 1. The zero-order valence-corrected chi connectivity index (χ0v) is 19.9. The van der Waals surface area contributed by atoms with Crippen LogP contribution in [0.25, 0.3) is 11.1 Å². The second-order valence-electron chi connectivity index (χ2n) is 8.68. The summed E-state index contributed by atoms with van der Waals surface area (Å²) < 4.78 is 42.6. The SMILES string of the molecule is CCOc1ccc(C)c(-c2c(Cl)c(F)cc3c2CC(CCCCN)(C2=CCCC=C2)O3)c1F. The van der Waals surface area contributed by atoms with Gasteiger partial charge < -0.3 is 15.2 Å². The van der Waals surface area contributed by atoms with Gasteiger partial charge in [0.15, 0.2) is 11.6 Å². The van der Waals surface area contributed by atoms with Crippen molar-refractivity contribution >= 4 is 11.6 Å². The van der Waals surface area contributed by atoms with Gasteiger partial charge in [0.05, 0.1) is 11.6 Å². The molecule has 0 radical (unpaired) electrons. The van der Waals surface area contributed by atoms with Gasteiger partial charge in [-0.15, -0.1) is 0 Å². The summed E-state index contributed by atoms with van der Waals surface area (Å²) in [6.45, 7) is 4.50. The molecule has 0 amide bonds. The third-order valence-electron chi connectivity index (χ3n) is 6.47. The van der Waals surface area contributed by atoms with Gasteiger partial charge in [-0.2, -0.15) is 0 Å². The molecular formula is C27H30ClF2NO2. The predicted molar refractivity (Wildman–Crippen MR) is 129 cm³/mol. The molecule has 2 aromatic carbocycles. The Morgan fingerprint density at radius 1 is 1.18 bits per heavy atom. The topological polar surface area (TPSA) is 44.5 Å². The van der Waals surface area contributed by atoms with E-state index in [1.807, 2.05) is 0 Å². The molecule has 2 aliphatic rings. The van der Waals surface area contributed by atoms with Crippen molar-refractivity contribution in [2.75, 3.05) is 13.2 Å². The van der Waals surface area contributed by atoms with E-state index in [-0.39, 0.29) is 16.3 Å². The minimum atomic E-state index is -0.651. The lowest BCUT2D eigenvalue weighted by molar-refractivity contribution is 0.124. The number of ether oxygens (including phenoxy) is 2. The molecule has 3 nitrogen and oxygen atoms in total. The molecule has 1 heterocycles. The summed E-state index contributed by atoms with van der Waals surface area (Å²) in [5.74, 6) is -0.626. The van der Waals surface area contributed by atoms with Crippen LogP contribution in [0, 0.1) is 18.6 Å². The standard InChI is InChI=1S/C27H30ClF2NO2/c1-3-32-21-12-11-17(2)23(26(21)30)24-19-16-27(13-7-8-14-31,18-9-5-4-6-10-18)33-22(19)15-20(29)25(24)28/h5,9-12,15H,3-4,6-8,13-14,16,31H2,1-2H3. The van der Waals surface area contributed by atoms with Crippen molar-refractivity contribution in [3.05, 3.63) is 69.8 Å². The van der Waals surface area contributed by atoms with Crippen LogP contribution in [0.4, 0.5) is 8.78 Å². The molecule has 1 atom stereocenters. The van der Waals surface area contributed by atoms with Crippen molar-refractivity contribution in [1.82, 2.24) is 0 Å². The molecule has 1 aliphatic heterocycles. The largest absolute Gasteiger partial charge is 0.491 e. The summed E-state index contributed by atoms with van der Waals surface area (Å²) in [5.41, 5.74) is 8.16. The molecule has 1 aliphatic carbocycles. The number of benzene rings is 2. The highest BCUT2D eigenvalue weighted by Gasteiger charge is 2.44.